The van der Waals surface area contributed by atoms with E-state index in [1.807, 2.05) is 0 Å². The van der Waals surface area contributed by atoms with Crippen LogP contribution in [0.5, 0.6) is 0 Å². The van der Waals surface area contributed by atoms with Gasteiger partial charge in [0.1, 0.15) is 48.7 Å². The van der Waals surface area contributed by atoms with Crippen molar-refractivity contribution < 1.29 is 120 Å². The van der Waals surface area contributed by atoms with Crippen LogP contribution in [0.4, 0.5) is 0 Å². The summed E-state index contributed by atoms with van der Waals surface area (Å²) >= 11 is 0. The highest BCUT2D eigenvalue weighted by atomic mass is 31.2. The molecule has 14 unspecified atom stereocenters. The lowest BCUT2D eigenvalue weighted by Crippen LogP contribution is -2.68. The van der Waals surface area contributed by atoms with Crippen molar-refractivity contribution >= 4 is 51.3 Å². The first-order valence-corrected chi connectivity index (χ1v) is 53.8. The third-order valence-electron chi connectivity index (χ3n) is 24.4. The van der Waals surface area contributed by atoms with E-state index in [1.165, 1.54) is 83.5 Å². The number of nitrogens with one attached hydrogen (secondary N) is 2. The van der Waals surface area contributed by atoms with Crippen LogP contribution in [0.25, 0.3) is 0 Å². The van der Waals surface area contributed by atoms with E-state index in [-0.39, 0.29) is 38.5 Å². The second kappa shape index (κ2) is 77.2. The van der Waals surface area contributed by atoms with Gasteiger partial charge in [-0.3, -0.25) is 37.8 Å². The van der Waals surface area contributed by atoms with Gasteiger partial charge >= 0.3 is 39.5 Å². The van der Waals surface area contributed by atoms with Crippen molar-refractivity contribution in [3.05, 3.63) is 0 Å². The monoisotopic (exact) mass is 1830 g/mol. The van der Waals surface area contributed by atoms with E-state index in [1.54, 1.807) is 0 Å². The van der Waals surface area contributed by atoms with E-state index >= 15 is 9.59 Å². The molecule has 2 amide bonds. The molecule has 2 fully saturated rings. The number of rotatable bonds is 86. The van der Waals surface area contributed by atoms with Crippen molar-refractivity contribution in [1.82, 2.24) is 10.6 Å². The minimum Gasteiger partial charge on any atom is -0.462 e. The molecule has 0 aromatic carbocycles. The topological polar surface area (TPSA) is 406 Å². The van der Waals surface area contributed by atoms with E-state index < -0.39 is 176 Å². The van der Waals surface area contributed by atoms with Gasteiger partial charge in [-0.25, -0.2) is 9.13 Å². The summed E-state index contributed by atoms with van der Waals surface area (Å²) in [6, 6.07) is -3.86. The molecule has 0 radical (unpaired) electrons. The first-order valence-electron chi connectivity index (χ1n) is 50.7. The van der Waals surface area contributed by atoms with Crippen molar-refractivity contribution in [3.8, 4) is 0 Å². The number of ether oxygens (including phenoxy) is 7. The molecule has 10 N–H and O–H groups in total. The standard InChI is InChI=1S/C96H182N2O25P2/c1-7-13-19-25-31-37-39-45-51-57-63-69-85(104)116-79(67-61-55-49-43-35-29-23-17-11-5)73-84(103)98-90-94(121-88(107)74-80(68-62-56-50-44-36-30-24-18-12-6)117-86(105)70-64-58-52-46-40-38-32-26-20-14-8-2)92(122-124(109,110)111)81(75-99)118-95(90)115-76-82-91(108)93(120-87(106)72-78(101)66-60-54-48-42-34-28-22-16-10-4)89(96(119-82)123-125(112,113)114)97-83(102)71-77(100)65-59-53-47-41-33-27-21-15-9-3/h77-82,89-96,99-101,108H,7-76H2,1-6H3,(H,97,102)(H,98,103)(H2,109,110,111)(H2,112,113,114). The molecule has 125 heavy (non-hydrogen) atoms. The second-order valence-electron chi connectivity index (χ2n) is 36.2. The Kier molecular flexibility index (Phi) is 72.8. The average Bonchev–Trinajstić information content (AvgIpc) is 0.776. The van der Waals surface area contributed by atoms with E-state index in [2.05, 4.69) is 52.2 Å². The zero-order valence-corrected chi connectivity index (χ0v) is 80.8. The van der Waals surface area contributed by atoms with Gasteiger partial charge in [0.25, 0.3) is 0 Å². The molecule has 0 spiro atoms. The Bertz CT molecular complexity index is 2750. The zero-order chi connectivity index (χ0) is 91.8. The van der Waals surface area contributed by atoms with Crippen LogP contribution < -0.4 is 10.6 Å². The molecule has 2 aliphatic heterocycles. The van der Waals surface area contributed by atoms with Crippen LogP contribution in [0.2, 0.25) is 0 Å². The fraction of sp³-hybridized carbons (Fsp3) is 0.938. The third kappa shape index (κ3) is 63.5. The zero-order valence-electron chi connectivity index (χ0n) is 79.0. The second-order valence-corrected chi connectivity index (χ2v) is 38.6. The predicted octanol–water partition coefficient (Wildman–Crippen LogP) is 21.4. The number of hydrogen-bond donors (Lipinski definition) is 10. The molecule has 27 nitrogen and oxygen atoms in total. The number of phosphoric ester groups is 2. The summed E-state index contributed by atoms with van der Waals surface area (Å²) in [7, 11) is -11.4. The average molecular weight is 1830 g/mol. The quantitative estimate of drug-likeness (QED) is 0.0117. The molecule has 0 bridgehead atoms. The van der Waals surface area contributed by atoms with Crippen LogP contribution in [0.3, 0.4) is 0 Å². The highest BCUT2D eigenvalue weighted by Crippen LogP contribution is 2.44. The molecule has 2 rings (SSSR count). The lowest BCUT2D eigenvalue weighted by atomic mass is 9.95. The fourth-order valence-corrected chi connectivity index (χ4v) is 18.0. The normalized spacial score (nSPS) is 20.2. The third-order valence-corrected chi connectivity index (χ3v) is 25.4. The highest BCUT2D eigenvalue weighted by Gasteiger charge is 2.55. The molecule has 2 heterocycles. The Labute approximate surface area is 755 Å². The maximum Gasteiger partial charge on any atom is 0.472 e. The van der Waals surface area contributed by atoms with E-state index in [0.29, 0.717) is 38.5 Å². The maximum atomic E-state index is 15.2. The Hall–Kier alpha value is -3.24. The molecule has 0 aromatic heterocycles. The van der Waals surface area contributed by atoms with Crippen molar-refractivity contribution in [2.24, 2.45) is 0 Å². The number of carbonyl (C=O) groups excluding carboxylic acids is 6. The molecular formula is C96H182N2O25P2. The van der Waals surface area contributed by atoms with Gasteiger partial charge in [0, 0.05) is 12.8 Å². The van der Waals surface area contributed by atoms with Gasteiger partial charge < -0.3 is 83.8 Å². The van der Waals surface area contributed by atoms with E-state index in [0.717, 1.165) is 250 Å². The van der Waals surface area contributed by atoms with Crippen LogP contribution >= 0.6 is 15.6 Å². The number of esters is 4. The Morgan fingerprint density at radius 2 is 0.616 bits per heavy atom. The Morgan fingerprint density at radius 1 is 0.328 bits per heavy atom. The lowest BCUT2D eigenvalue weighted by molar-refractivity contribution is -0.297. The first-order chi connectivity index (χ1) is 60.3. The maximum absolute atomic E-state index is 15.2. The van der Waals surface area contributed by atoms with Gasteiger partial charge in [-0.2, -0.15) is 0 Å². The molecule has 0 saturated carbocycles. The number of phosphoric acid groups is 2. The summed E-state index contributed by atoms with van der Waals surface area (Å²) in [5.41, 5.74) is 0. The number of carbonyl (C=O) groups is 6. The molecule has 29 heteroatoms. The van der Waals surface area contributed by atoms with Gasteiger partial charge in [-0.1, -0.05) is 388 Å². The van der Waals surface area contributed by atoms with Crippen molar-refractivity contribution in [2.45, 2.75) is 564 Å². The number of aliphatic hydroxyl groups excluding tert-OH is 4. The van der Waals surface area contributed by atoms with Gasteiger partial charge in [0.2, 0.25) is 11.8 Å². The van der Waals surface area contributed by atoms with Crippen LogP contribution in [-0.2, 0) is 80.1 Å². The van der Waals surface area contributed by atoms with Crippen LogP contribution in [-0.4, -0.2) is 175 Å². The molecule has 2 saturated heterocycles. The minimum atomic E-state index is -5.69. The molecule has 736 valence electrons. The number of hydrogen-bond acceptors (Lipinski definition) is 21. The summed E-state index contributed by atoms with van der Waals surface area (Å²) in [6.45, 7) is 10.9. The first kappa shape index (κ1) is 118. The predicted molar refractivity (Wildman–Crippen MR) is 490 cm³/mol. The minimum absolute atomic E-state index is 0.0782. The van der Waals surface area contributed by atoms with Crippen LogP contribution in [0, 0.1) is 0 Å². The SMILES string of the molecule is CCCCCCCCCCCCCC(=O)OC(CCCCCCCCCCC)CC(=O)NC1C(OCC2OC(OP(=O)(O)O)C(NC(=O)CC(O)CCCCCCCCCCC)C(OC(=O)CC(O)CCCCCCCCCCC)C2O)OC(CO)C(OP(=O)(O)O)C1OC(=O)CC(CCCCCCCCCCC)OC(=O)CCCCCCCCCCCCC. The van der Waals surface area contributed by atoms with Crippen LogP contribution in [0.1, 0.15) is 478 Å². The van der Waals surface area contributed by atoms with Crippen molar-refractivity contribution in [1.29, 1.82) is 0 Å². The lowest BCUT2D eigenvalue weighted by Gasteiger charge is -2.47. The summed E-state index contributed by atoms with van der Waals surface area (Å²) < 4.78 is 80.2. The number of amides is 2. The van der Waals surface area contributed by atoms with Crippen molar-refractivity contribution in [3.63, 3.8) is 0 Å². The van der Waals surface area contributed by atoms with E-state index in [9.17, 15) is 68.3 Å². The number of aliphatic hydroxyl groups is 4. The highest BCUT2D eigenvalue weighted by molar-refractivity contribution is 7.46. The number of unbranched alkanes of at least 4 members (excludes halogenated alkanes) is 52. The molecule has 2 aliphatic rings. The van der Waals surface area contributed by atoms with Gasteiger partial charge in [-0.05, 0) is 51.4 Å². The van der Waals surface area contributed by atoms with Crippen molar-refractivity contribution in [2.75, 3.05) is 13.2 Å². The molecular weight excluding hydrogens is 1640 g/mol. The Balaban J connectivity index is 2.84. The largest absolute Gasteiger partial charge is 0.472 e. The Morgan fingerprint density at radius 3 is 0.968 bits per heavy atom. The summed E-state index contributed by atoms with van der Waals surface area (Å²) in [5.74, 6) is -5.04. The summed E-state index contributed by atoms with van der Waals surface area (Å²) in [6.07, 6.45) is 36.6. The van der Waals surface area contributed by atoms with E-state index in [4.69, 9.17) is 42.2 Å². The summed E-state index contributed by atoms with van der Waals surface area (Å²) in [4.78, 5) is 129. The van der Waals surface area contributed by atoms with Crippen LogP contribution in [0.15, 0.2) is 0 Å². The summed E-state index contributed by atoms with van der Waals surface area (Å²) in [5, 5.41) is 51.6. The molecule has 14 atom stereocenters. The molecule has 0 aromatic rings. The molecule has 0 aliphatic carbocycles. The van der Waals surface area contributed by atoms with Gasteiger partial charge in [0.15, 0.2) is 24.8 Å². The van der Waals surface area contributed by atoms with Gasteiger partial charge in [0.05, 0.1) is 51.1 Å². The fourth-order valence-electron chi connectivity index (χ4n) is 16.9. The van der Waals surface area contributed by atoms with Gasteiger partial charge in [-0.15, -0.1) is 0 Å². The smallest absolute Gasteiger partial charge is 0.462 e.